The lowest BCUT2D eigenvalue weighted by atomic mass is 9.96. The van der Waals surface area contributed by atoms with E-state index in [1.807, 2.05) is 30.0 Å². The van der Waals surface area contributed by atoms with Gasteiger partial charge in [0.05, 0.1) is 0 Å². The molecule has 1 amide bonds. The molecule has 2 N–H and O–H groups in total. The van der Waals surface area contributed by atoms with E-state index in [9.17, 15) is 4.79 Å². The van der Waals surface area contributed by atoms with E-state index in [1.54, 1.807) is 6.20 Å². The van der Waals surface area contributed by atoms with E-state index < -0.39 is 0 Å². The van der Waals surface area contributed by atoms with Gasteiger partial charge in [0.15, 0.2) is 0 Å². The van der Waals surface area contributed by atoms with Crippen molar-refractivity contribution in [3.8, 4) is 0 Å². The Morgan fingerprint density at radius 3 is 3.05 bits per heavy atom. The smallest absolute Gasteiger partial charge is 0.223 e. The second-order valence-electron chi connectivity index (χ2n) is 5.33. The summed E-state index contributed by atoms with van der Waals surface area (Å²) in [6, 6.07) is 6.08. The van der Waals surface area contributed by atoms with Crippen molar-refractivity contribution in [3.05, 3.63) is 30.1 Å². The molecule has 4 nitrogen and oxygen atoms in total. The van der Waals surface area contributed by atoms with Crippen molar-refractivity contribution in [2.45, 2.75) is 51.1 Å². The highest BCUT2D eigenvalue weighted by atomic mass is 16.2. The molecule has 0 saturated carbocycles. The standard InChI is InChI=1S/C15H23N3O/c1-12(16)14-7-3-5-11-18(14)15(19)9-8-13-6-2-4-10-17-13/h2,4,6,10,12,14H,3,5,7-9,11,16H2,1H3. The minimum Gasteiger partial charge on any atom is -0.338 e. The lowest BCUT2D eigenvalue weighted by molar-refractivity contribution is -0.135. The summed E-state index contributed by atoms with van der Waals surface area (Å²) in [5.74, 6) is 0.215. The van der Waals surface area contributed by atoms with Gasteiger partial charge in [-0.1, -0.05) is 6.07 Å². The summed E-state index contributed by atoms with van der Waals surface area (Å²) in [5.41, 5.74) is 6.97. The quantitative estimate of drug-likeness (QED) is 0.898. The highest BCUT2D eigenvalue weighted by molar-refractivity contribution is 5.77. The lowest BCUT2D eigenvalue weighted by Gasteiger charge is -2.38. The van der Waals surface area contributed by atoms with Crippen LogP contribution < -0.4 is 5.73 Å². The fourth-order valence-corrected chi connectivity index (χ4v) is 2.74. The Bertz CT molecular complexity index is 405. The number of carbonyl (C=O) groups excluding carboxylic acids is 1. The SMILES string of the molecule is CC(N)C1CCCCN1C(=O)CCc1ccccn1. The molecule has 4 heteroatoms. The third kappa shape index (κ3) is 3.77. The van der Waals surface area contributed by atoms with Crippen molar-refractivity contribution in [2.24, 2.45) is 5.73 Å². The molecule has 0 bridgehead atoms. The van der Waals surface area contributed by atoms with Gasteiger partial charge < -0.3 is 10.6 Å². The fourth-order valence-electron chi connectivity index (χ4n) is 2.74. The Labute approximate surface area is 115 Å². The fraction of sp³-hybridized carbons (Fsp3) is 0.600. The van der Waals surface area contributed by atoms with Gasteiger partial charge in [-0.25, -0.2) is 0 Å². The second-order valence-corrected chi connectivity index (χ2v) is 5.33. The van der Waals surface area contributed by atoms with Crippen molar-refractivity contribution in [1.82, 2.24) is 9.88 Å². The van der Waals surface area contributed by atoms with Crippen molar-refractivity contribution >= 4 is 5.91 Å². The molecule has 2 heterocycles. The van der Waals surface area contributed by atoms with Gasteiger partial charge in [-0.15, -0.1) is 0 Å². The zero-order valence-corrected chi connectivity index (χ0v) is 11.6. The van der Waals surface area contributed by atoms with Gasteiger partial charge in [-0.05, 0) is 44.7 Å². The summed E-state index contributed by atoms with van der Waals surface area (Å²) in [6.45, 7) is 2.85. The Morgan fingerprint density at radius 2 is 2.37 bits per heavy atom. The van der Waals surface area contributed by atoms with Crippen LogP contribution in [0.4, 0.5) is 0 Å². The molecule has 1 fully saturated rings. The number of likely N-dealkylation sites (tertiary alicyclic amines) is 1. The zero-order valence-electron chi connectivity index (χ0n) is 11.6. The Kier molecular flexibility index (Phi) is 4.91. The van der Waals surface area contributed by atoms with E-state index in [4.69, 9.17) is 5.73 Å². The van der Waals surface area contributed by atoms with Crippen LogP contribution in [0.3, 0.4) is 0 Å². The van der Waals surface area contributed by atoms with Crippen molar-refractivity contribution in [1.29, 1.82) is 0 Å². The molecular formula is C15H23N3O. The van der Waals surface area contributed by atoms with Gasteiger partial charge in [0, 0.05) is 36.9 Å². The maximum Gasteiger partial charge on any atom is 0.223 e. The van der Waals surface area contributed by atoms with Crippen LogP contribution in [-0.4, -0.2) is 34.4 Å². The van der Waals surface area contributed by atoms with Crippen LogP contribution in [0.25, 0.3) is 0 Å². The first-order valence-electron chi connectivity index (χ1n) is 7.13. The van der Waals surface area contributed by atoms with Crippen molar-refractivity contribution in [2.75, 3.05) is 6.54 Å². The highest BCUT2D eigenvalue weighted by Crippen LogP contribution is 2.20. The Morgan fingerprint density at radius 1 is 1.53 bits per heavy atom. The monoisotopic (exact) mass is 261 g/mol. The van der Waals surface area contributed by atoms with Gasteiger partial charge in [-0.2, -0.15) is 0 Å². The normalized spacial score (nSPS) is 21.2. The second kappa shape index (κ2) is 6.66. The first-order chi connectivity index (χ1) is 9.18. The molecule has 19 heavy (non-hydrogen) atoms. The van der Waals surface area contributed by atoms with Gasteiger partial charge >= 0.3 is 0 Å². The van der Waals surface area contributed by atoms with E-state index in [1.165, 1.54) is 6.42 Å². The average Bonchev–Trinajstić information content (AvgIpc) is 2.46. The molecule has 2 unspecified atom stereocenters. The number of amides is 1. The maximum absolute atomic E-state index is 12.3. The molecule has 1 aliphatic rings. The maximum atomic E-state index is 12.3. The number of aromatic nitrogens is 1. The third-order valence-electron chi connectivity index (χ3n) is 3.80. The number of rotatable bonds is 4. The minimum atomic E-state index is 0.0547. The van der Waals surface area contributed by atoms with E-state index in [2.05, 4.69) is 4.98 Å². The summed E-state index contributed by atoms with van der Waals surface area (Å²) in [6.07, 6.45) is 6.31. The molecule has 1 saturated heterocycles. The van der Waals surface area contributed by atoms with Crippen molar-refractivity contribution < 1.29 is 4.79 Å². The Hall–Kier alpha value is -1.42. The van der Waals surface area contributed by atoms with Crippen LogP contribution in [0.1, 0.15) is 38.3 Å². The topological polar surface area (TPSA) is 59.2 Å². The molecular weight excluding hydrogens is 238 g/mol. The summed E-state index contributed by atoms with van der Waals surface area (Å²) in [4.78, 5) is 18.6. The molecule has 1 aliphatic heterocycles. The highest BCUT2D eigenvalue weighted by Gasteiger charge is 2.28. The van der Waals surface area contributed by atoms with E-state index in [0.29, 0.717) is 12.8 Å². The average molecular weight is 261 g/mol. The number of nitrogens with two attached hydrogens (primary N) is 1. The number of hydrogen-bond acceptors (Lipinski definition) is 3. The van der Waals surface area contributed by atoms with Gasteiger partial charge in [0.25, 0.3) is 0 Å². The molecule has 1 aromatic heterocycles. The molecule has 0 spiro atoms. The van der Waals surface area contributed by atoms with Gasteiger partial charge in [0.2, 0.25) is 5.91 Å². The number of nitrogens with zero attached hydrogens (tertiary/aromatic N) is 2. The molecule has 104 valence electrons. The van der Waals surface area contributed by atoms with E-state index in [-0.39, 0.29) is 18.0 Å². The largest absolute Gasteiger partial charge is 0.338 e. The summed E-state index contributed by atoms with van der Waals surface area (Å²) >= 11 is 0. The molecule has 0 radical (unpaired) electrons. The van der Waals surface area contributed by atoms with Crippen LogP contribution in [-0.2, 0) is 11.2 Å². The molecule has 1 aromatic rings. The predicted octanol–water partition coefficient (Wildman–Crippen LogP) is 1.74. The molecule has 2 rings (SSSR count). The molecule has 0 aliphatic carbocycles. The Balaban J connectivity index is 1.91. The van der Waals surface area contributed by atoms with Crippen molar-refractivity contribution in [3.63, 3.8) is 0 Å². The minimum absolute atomic E-state index is 0.0547. The summed E-state index contributed by atoms with van der Waals surface area (Å²) < 4.78 is 0. The number of pyridine rings is 1. The van der Waals surface area contributed by atoms with Crippen LogP contribution in [0, 0.1) is 0 Å². The number of aryl methyl sites for hydroxylation is 1. The first-order valence-corrected chi connectivity index (χ1v) is 7.13. The lowest BCUT2D eigenvalue weighted by Crippen LogP contribution is -2.51. The number of carbonyl (C=O) groups is 1. The molecule has 2 atom stereocenters. The number of piperidine rings is 1. The predicted molar refractivity (Wildman–Crippen MR) is 75.6 cm³/mol. The zero-order chi connectivity index (χ0) is 13.7. The molecule has 0 aromatic carbocycles. The summed E-state index contributed by atoms with van der Waals surface area (Å²) in [7, 11) is 0. The van der Waals surface area contributed by atoms with Crippen LogP contribution >= 0.6 is 0 Å². The van der Waals surface area contributed by atoms with Gasteiger partial charge in [0.1, 0.15) is 0 Å². The van der Waals surface area contributed by atoms with Crippen LogP contribution in [0.15, 0.2) is 24.4 Å². The van der Waals surface area contributed by atoms with Gasteiger partial charge in [-0.3, -0.25) is 9.78 Å². The van der Waals surface area contributed by atoms with E-state index in [0.717, 1.165) is 25.1 Å². The van der Waals surface area contributed by atoms with E-state index >= 15 is 0 Å². The van der Waals surface area contributed by atoms with Crippen LogP contribution in [0.5, 0.6) is 0 Å². The number of hydrogen-bond donors (Lipinski definition) is 1. The summed E-state index contributed by atoms with van der Waals surface area (Å²) in [5, 5.41) is 0. The first kappa shape index (κ1) is 14.0. The third-order valence-corrected chi connectivity index (χ3v) is 3.80. The van der Waals surface area contributed by atoms with Crippen LogP contribution in [0.2, 0.25) is 0 Å².